The molecule has 3 heterocycles. The number of carbonyl (C=O) groups excluding carboxylic acids is 2. The summed E-state index contributed by atoms with van der Waals surface area (Å²) >= 11 is 0. The maximum absolute atomic E-state index is 12.8. The van der Waals surface area contributed by atoms with E-state index in [-0.39, 0.29) is 5.69 Å². The standard InChI is InChI=1S/C22H20N4O4/c1-14-5-7-16(8-6-14)17-10-19(20-4-3-9-29-20)26(25-17)21(27)13-30-22(28)18-12-23-15(2)11-24-18/h3-9,11-12,19H,10,13H2,1-2H3/t19-/m0/s1. The molecule has 0 radical (unpaired) electrons. The minimum atomic E-state index is -0.715. The Bertz CT molecular complexity index is 1070. The zero-order valence-electron chi connectivity index (χ0n) is 16.6. The maximum atomic E-state index is 12.8. The number of nitrogens with zero attached hydrogens (tertiary/aromatic N) is 4. The minimum absolute atomic E-state index is 0.0428. The second-order valence-electron chi connectivity index (χ2n) is 7.01. The third kappa shape index (κ3) is 4.12. The predicted molar refractivity (Wildman–Crippen MR) is 108 cm³/mol. The number of esters is 1. The molecule has 0 aliphatic carbocycles. The van der Waals surface area contributed by atoms with E-state index in [0.29, 0.717) is 17.9 Å². The van der Waals surface area contributed by atoms with Crippen LogP contribution in [-0.4, -0.2) is 39.2 Å². The topological polar surface area (TPSA) is 97.9 Å². The molecule has 0 saturated heterocycles. The minimum Gasteiger partial charge on any atom is -0.467 e. The highest BCUT2D eigenvalue weighted by molar-refractivity contribution is 6.03. The molecule has 3 aromatic rings. The molecular formula is C22H20N4O4. The number of aromatic nitrogens is 2. The summed E-state index contributed by atoms with van der Waals surface area (Å²) in [7, 11) is 0. The number of rotatable bonds is 5. The van der Waals surface area contributed by atoms with Crippen LogP contribution in [0.2, 0.25) is 0 Å². The molecule has 1 amide bonds. The van der Waals surface area contributed by atoms with Crippen molar-refractivity contribution in [3.63, 3.8) is 0 Å². The summed E-state index contributed by atoms with van der Waals surface area (Å²) < 4.78 is 10.6. The van der Waals surface area contributed by atoms with Crippen molar-refractivity contribution in [1.82, 2.24) is 15.0 Å². The molecule has 0 unspecified atom stereocenters. The van der Waals surface area contributed by atoms with Crippen molar-refractivity contribution in [2.24, 2.45) is 5.10 Å². The Balaban J connectivity index is 1.50. The van der Waals surface area contributed by atoms with Gasteiger partial charge in [0.05, 0.1) is 23.9 Å². The number of carbonyl (C=O) groups is 2. The summed E-state index contributed by atoms with van der Waals surface area (Å²) in [4.78, 5) is 33.0. The summed E-state index contributed by atoms with van der Waals surface area (Å²) in [6, 6.07) is 11.1. The second kappa shape index (κ2) is 8.28. The van der Waals surface area contributed by atoms with Crippen molar-refractivity contribution >= 4 is 17.6 Å². The summed E-state index contributed by atoms with van der Waals surface area (Å²) in [6.07, 6.45) is 4.83. The van der Waals surface area contributed by atoms with Crippen LogP contribution < -0.4 is 0 Å². The highest BCUT2D eigenvalue weighted by Gasteiger charge is 2.35. The monoisotopic (exact) mass is 404 g/mol. The lowest BCUT2D eigenvalue weighted by atomic mass is 10.0. The highest BCUT2D eigenvalue weighted by atomic mass is 16.5. The molecule has 8 heteroatoms. The van der Waals surface area contributed by atoms with Crippen molar-refractivity contribution in [3.05, 3.63) is 83.3 Å². The lowest BCUT2D eigenvalue weighted by molar-refractivity contribution is -0.136. The molecule has 4 rings (SSSR count). The van der Waals surface area contributed by atoms with Gasteiger partial charge in [0.15, 0.2) is 12.3 Å². The summed E-state index contributed by atoms with van der Waals surface area (Å²) in [5.74, 6) is -0.552. The van der Waals surface area contributed by atoms with Crippen molar-refractivity contribution in [1.29, 1.82) is 0 Å². The molecule has 2 aromatic heterocycles. The van der Waals surface area contributed by atoms with Crippen molar-refractivity contribution in [2.75, 3.05) is 6.61 Å². The quantitative estimate of drug-likeness (QED) is 0.606. The first-order chi connectivity index (χ1) is 14.5. The lowest BCUT2D eigenvalue weighted by Crippen LogP contribution is -2.31. The molecular weight excluding hydrogens is 384 g/mol. The third-order valence-corrected chi connectivity index (χ3v) is 4.74. The average molecular weight is 404 g/mol. The van der Waals surface area contributed by atoms with Gasteiger partial charge in [-0.3, -0.25) is 9.78 Å². The molecule has 1 aromatic carbocycles. The van der Waals surface area contributed by atoms with Gasteiger partial charge in [-0.1, -0.05) is 29.8 Å². The number of aryl methyl sites for hydroxylation is 2. The highest BCUT2D eigenvalue weighted by Crippen LogP contribution is 2.33. The van der Waals surface area contributed by atoms with Gasteiger partial charge in [-0.25, -0.2) is 14.8 Å². The van der Waals surface area contributed by atoms with Crippen LogP contribution in [0.25, 0.3) is 0 Å². The fourth-order valence-corrected chi connectivity index (χ4v) is 3.13. The summed E-state index contributed by atoms with van der Waals surface area (Å²) in [5.41, 5.74) is 3.55. The molecule has 1 aliphatic heterocycles. The third-order valence-electron chi connectivity index (χ3n) is 4.74. The lowest BCUT2D eigenvalue weighted by Gasteiger charge is -2.19. The molecule has 0 fully saturated rings. The van der Waals surface area contributed by atoms with Gasteiger partial charge in [-0.15, -0.1) is 0 Å². The van der Waals surface area contributed by atoms with E-state index in [2.05, 4.69) is 15.1 Å². The van der Waals surface area contributed by atoms with Gasteiger partial charge < -0.3 is 9.15 Å². The van der Waals surface area contributed by atoms with Gasteiger partial charge in [0.1, 0.15) is 11.8 Å². The molecule has 0 saturated carbocycles. The number of benzene rings is 1. The first-order valence-electron chi connectivity index (χ1n) is 9.47. The Morgan fingerprint density at radius 3 is 2.60 bits per heavy atom. The number of hydrogen-bond acceptors (Lipinski definition) is 7. The van der Waals surface area contributed by atoms with Gasteiger partial charge in [-0.2, -0.15) is 5.10 Å². The van der Waals surface area contributed by atoms with E-state index in [4.69, 9.17) is 9.15 Å². The molecule has 30 heavy (non-hydrogen) atoms. The van der Waals surface area contributed by atoms with Crippen LogP contribution in [0.5, 0.6) is 0 Å². The number of furan rings is 1. The van der Waals surface area contributed by atoms with Crippen LogP contribution in [0, 0.1) is 13.8 Å². The molecule has 8 nitrogen and oxygen atoms in total. The van der Waals surface area contributed by atoms with Crippen LogP contribution in [0.15, 0.2) is 64.6 Å². The largest absolute Gasteiger partial charge is 0.467 e. The van der Waals surface area contributed by atoms with E-state index in [1.54, 1.807) is 25.3 Å². The Labute approximate surface area is 173 Å². The first-order valence-corrected chi connectivity index (χ1v) is 9.47. The predicted octanol–water partition coefficient (Wildman–Crippen LogP) is 3.22. The fourth-order valence-electron chi connectivity index (χ4n) is 3.13. The number of ether oxygens (including phenoxy) is 1. The van der Waals surface area contributed by atoms with E-state index in [0.717, 1.165) is 16.8 Å². The molecule has 1 aliphatic rings. The van der Waals surface area contributed by atoms with Crippen LogP contribution in [0.4, 0.5) is 0 Å². The van der Waals surface area contributed by atoms with E-state index >= 15 is 0 Å². The van der Waals surface area contributed by atoms with Crippen molar-refractivity contribution in [2.45, 2.75) is 26.3 Å². The Kier molecular flexibility index (Phi) is 5.38. The number of amides is 1. The van der Waals surface area contributed by atoms with Gasteiger partial charge in [0.25, 0.3) is 5.91 Å². The van der Waals surface area contributed by atoms with Gasteiger partial charge in [0.2, 0.25) is 0 Å². The summed E-state index contributed by atoms with van der Waals surface area (Å²) in [6.45, 7) is 3.31. The van der Waals surface area contributed by atoms with E-state index in [1.165, 1.54) is 17.4 Å². The van der Waals surface area contributed by atoms with Crippen LogP contribution in [0.1, 0.15) is 45.5 Å². The van der Waals surface area contributed by atoms with Crippen LogP contribution >= 0.6 is 0 Å². The first kappa shape index (κ1) is 19.5. The van der Waals surface area contributed by atoms with Crippen LogP contribution in [0.3, 0.4) is 0 Å². The van der Waals surface area contributed by atoms with E-state index < -0.39 is 24.5 Å². The molecule has 152 valence electrons. The summed E-state index contributed by atoms with van der Waals surface area (Å²) in [5, 5.41) is 5.83. The Morgan fingerprint density at radius 1 is 1.13 bits per heavy atom. The van der Waals surface area contributed by atoms with E-state index in [9.17, 15) is 9.59 Å². The number of hydrogen-bond donors (Lipinski definition) is 0. The Hall–Kier alpha value is -3.81. The number of hydrazone groups is 1. The Morgan fingerprint density at radius 2 is 1.93 bits per heavy atom. The van der Waals surface area contributed by atoms with Crippen LogP contribution in [-0.2, 0) is 9.53 Å². The zero-order valence-corrected chi connectivity index (χ0v) is 16.6. The fraction of sp³-hybridized carbons (Fsp3) is 0.227. The SMILES string of the molecule is Cc1ccc(C2=NN(C(=O)COC(=O)c3cnc(C)cn3)[C@H](c3ccco3)C2)cc1. The van der Waals surface area contributed by atoms with Crippen molar-refractivity contribution in [3.8, 4) is 0 Å². The van der Waals surface area contributed by atoms with E-state index in [1.807, 2.05) is 31.2 Å². The van der Waals surface area contributed by atoms with Gasteiger partial charge in [0, 0.05) is 12.6 Å². The zero-order chi connectivity index (χ0) is 21.1. The molecule has 0 N–H and O–H groups in total. The molecule has 1 atom stereocenters. The second-order valence-corrected chi connectivity index (χ2v) is 7.01. The average Bonchev–Trinajstić information content (AvgIpc) is 3.43. The molecule has 0 spiro atoms. The van der Waals surface area contributed by atoms with Gasteiger partial charge in [-0.05, 0) is 31.5 Å². The normalized spacial score (nSPS) is 15.7. The van der Waals surface area contributed by atoms with Crippen molar-refractivity contribution < 1.29 is 18.7 Å². The molecule has 0 bridgehead atoms. The smallest absolute Gasteiger partial charge is 0.359 e. The van der Waals surface area contributed by atoms with Gasteiger partial charge >= 0.3 is 5.97 Å². The maximum Gasteiger partial charge on any atom is 0.359 e.